The zero-order chi connectivity index (χ0) is 14.8. The molecule has 0 radical (unpaired) electrons. The number of aryl methyl sites for hydroxylation is 1. The summed E-state index contributed by atoms with van der Waals surface area (Å²) < 4.78 is 5.66. The van der Waals surface area contributed by atoms with Crippen LogP contribution in [0.1, 0.15) is 64.9 Å². The summed E-state index contributed by atoms with van der Waals surface area (Å²) in [6, 6.07) is 0. The summed E-state index contributed by atoms with van der Waals surface area (Å²) in [5, 5.41) is 0. The minimum atomic E-state index is -2.35. The fraction of sp³-hybridized carbons (Fsp3) is 0.765. The summed E-state index contributed by atoms with van der Waals surface area (Å²) in [6.45, 7) is 9.02. The Kier molecular flexibility index (Phi) is 8.74. The molecule has 0 saturated carbocycles. The van der Waals surface area contributed by atoms with E-state index < -0.39 is 18.4 Å². The molecule has 1 heterocycles. The molecule has 3 heteroatoms. The van der Waals surface area contributed by atoms with Gasteiger partial charge in [0.05, 0.1) is 0 Å². The van der Waals surface area contributed by atoms with Crippen LogP contribution in [0.3, 0.4) is 0 Å². The van der Waals surface area contributed by atoms with Crippen LogP contribution in [0.2, 0.25) is 13.3 Å². The van der Waals surface area contributed by atoms with Gasteiger partial charge >= 0.3 is 130 Å². The van der Waals surface area contributed by atoms with Crippen molar-refractivity contribution in [3.63, 3.8) is 0 Å². The molecular weight excluding hydrogens is 351 g/mol. The Morgan fingerprint density at radius 2 is 1.20 bits per heavy atom. The fourth-order valence-corrected chi connectivity index (χ4v) is 17.7. The summed E-state index contributed by atoms with van der Waals surface area (Å²) in [5.41, 5.74) is 1.19. The number of hydrogen-bond acceptors (Lipinski definition) is 2. The van der Waals surface area contributed by atoms with Gasteiger partial charge in [-0.05, 0) is 0 Å². The molecule has 0 unspecified atom stereocenters. The molecule has 0 atom stereocenters. The summed E-state index contributed by atoms with van der Waals surface area (Å²) in [4.78, 5) is 9.58. The van der Waals surface area contributed by atoms with Crippen molar-refractivity contribution in [2.75, 3.05) is 0 Å². The molecular formula is C17H32N2Sn. The summed E-state index contributed by atoms with van der Waals surface area (Å²) >= 11 is -2.35. The van der Waals surface area contributed by atoms with Gasteiger partial charge in [-0.3, -0.25) is 0 Å². The third kappa shape index (κ3) is 5.34. The van der Waals surface area contributed by atoms with Gasteiger partial charge in [0, 0.05) is 0 Å². The quantitative estimate of drug-likeness (QED) is 0.541. The standard InChI is InChI=1S/C5H5N2.3C4H9.Sn/c1-5-2-6-4-7-3-5;3*1-3-4-2;/h2-3H,1H3;3*1,3-4H2,2H3;. The predicted octanol–water partition coefficient (Wildman–Crippen LogP) is 4.84. The van der Waals surface area contributed by atoms with Crippen LogP contribution in [-0.4, -0.2) is 28.3 Å². The number of hydrogen-bond donors (Lipinski definition) is 0. The van der Waals surface area contributed by atoms with Crippen molar-refractivity contribution in [3.05, 3.63) is 18.0 Å². The second-order valence-corrected chi connectivity index (χ2v) is 19.0. The normalized spacial score (nSPS) is 11.8. The van der Waals surface area contributed by atoms with E-state index >= 15 is 0 Å². The first-order valence-corrected chi connectivity index (χ1v) is 16.0. The molecule has 0 aliphatic heterocycles. The average molecular weight is 383 g/mol. The van der Waals surface area contributed by atoms with Crippen molar-refractivity contribution < 1.29 is 0 Å². The maximum absolute atomic E-state index is 4.79. The Morgan fingerprint density at radius 1 is 0.800 bits per heavy atom. The summed E-state index contributed by atoms with van der Waals surface area (Å²) in [5.74, 6) is 0. The second kappa shape index (κ2) is 9.75. The van der Waals surface area contributed by atoms with Crippen molar-refractivity contribution in [3.8, 4) is 0 Å². The summed E-state index contributed by atoms with van der Waals surface area (Å²) in [7, 11) is 0. The van der Waals surface area contributed by atoms with Gasteiger partial charge in [0.1, 0.15) is 0 Å². The number of unbranched alkanes of at least 4 members (excludes halogenated alkanes) is 3. The molecule has 1 rings (SSSR count). The fourth-order valence-electron chi connectivity index (χ4n) is 2.92. The topological polar surface area (TPSA) is 25.8 Å². The van der Waals surface area contributed by atoms with Crippen molar-refractivity contribution in [2.24, 2.45) is 0 Å². The molecule has 1 aromatic heterocycles. The van der Waals surface area contributed by atoms with E-state index in [2.05, 4.69) is 27.7 Å². The van der Waals surface area contributed by atoms with Gasteiger partial charge in [0.2, 0.25) is 0 Å². The molecule has 0 N–H and O–H groups in total. The third-order valence-corrected chi connectivity index (χ3v) is 18.9. The average Bonchev–Trinajstić information content (AvgIpc) is 2.48. The monoisotopic (exact) mass is 384 g/mol. The van der Waals surface area contributed by atoms with E-state index in [1.807, 2.05) is 12.4 Å². The van der Waals surface area contributed by atoms with E-state index in [-0.39, 0.29) is 0 Å². The van der Waals surface area contributed by atoms with E-state index in [0.29, 0.717) is 0 Å². The van der Waals surface area contributed by atoms with Crippen LogP contribution in [-0.2, 0) is 0 Å². The SMILES string of the molecule is CCC[CH2][Sn]([CH2]CCC)([CH2]CCC)[c]1ncc(C)cn1. The Balaban J connectivity index is 3.00. The third-order valence-electron chi connectivity index (χ3n) is 4.28. The van der Waals surface area contributed by atoms with E-state index in [9.17, 15) is 0 Å². The molecule has 0 aliphatic carbocycles. The minimum absolute atomic E-state index is 1.19. The van der Waals surface area contributed by atoms with Gasteiger partial charge in [0.15, 0.2) is 0 Å². The Morgan fingerprint density at radius 3 is 1.55 bits per heavy atom. The van der Waals surface area contributed by atoms with Crippen LogP contribution in [0.25, 0.3) is 0 Å². The molecule has 114 valence electrons. The first kappa shape index (κ1) is 17.9. The van der Waals surface area contributed by atoms with Crippen LogP contribution in [0.15, 0.2) is 12.4 Å². The van der Waals surface area contributed by atoms with E-state index in [4.69, 9.17) is 9.97 Å². The van der Waals surface area contributed by atoms with Crippen molar-refractivity contribution in [2.45, 2.75) is 79.5 Å². The second-order valence-electron chi connectivity index (χ2n) is 6.18. The molecule has 0 aromatic carbocycles. The zero-order valence-corrected chi connectivity index (χ0v) is 16.8. The Hall–Kier alpha value is -0.121. The molecule has 0 amide bonds. The van der Waals surface area contributed by atoms with Crippen LogP contribution in [0.5, 0.6) is 0 Å². The van der Waals surface area contributed by atoms with Crippen LogP contribution in [0, 0.1) is 6.92 Å². The van der Waals surface area contributed by atoms with Gasteiger partial charge in [-0.15, -0.1) is 0 Å². The van der Waals surface area contributed by atoms with Crippen molar-refractivity contribution in [1.29, 1.82) is 0 Å². The zero-order valence-electron chi connectivity index (χ0n) is 13.9. The van der Waals surface area contributed by atoms with Crippen LogP contribution < -0.4 is 3.84 Å². The maximum atomic E-state index is 4.79. The van der Waals surface area contributed by atoms with E-state index in [0.717, 1.165) is 0 Å². The number of aromatic nitrogens is 2. The molecule has 0 bridgehead atoms. The van der Waals surface area contributed by atoms with Crippen LogP contribution >= 0.6 is 0 Å². The molecule has 0 aliphatic rings. The number of nitrogens with zero attached hydrogens (tertiary/aromatic N) is 2. The Labute approximate surface area is 129 Å². The number of rotatable bonds is 10. The van der Waals surface area contributed by atoms with E-state index in [1.165, 1.54) is 61.2 Å². The van der Waals surface area contributed by atoms with Gasteiger partial charge in [-0.2, -0.15) is 0 Å². The molecule has 0 saturated heterocycles. The van der Waals surface area contributed by atoms with E-state index in [1.54, 1.807) is 0 Å². The van der Waals surface area contributed by atoms with Gasteiger partial charge in [-0.25, -0.2) is 0 Å². The van der Waals surface area contributed by atoms with Crippen molar-refractivity contribution in [1.82, 2.24) is 9.97 Å². The first-order valence-electron chi connectivity index (χ1n) is 8.47. The molecule has 0 spiro atoms. The van der Waals surface area contributed by atoms with Crippen molar-refractivity contribution >= 4 is 22.2 Å². The van der Waals surface area contributed by atoms with Gasteiger partial charge < -0.3 is 0 Å². The molecule has 1 aromatic rings. The first-order chi connectivity index (χ1) is 9.68. The molecule has 0 fully saturated rings. The Bertz CT molecular complexity index is 340. The van der Waals surface area contributed by atoms with Crippen LogP contribution in [0.4, 0.5) is 0 Å². The summed E-state index contributed by atoms with van der Waals surface area (Å²) in [6.07, 6.45) is 12.1. The molecule has 2 nitrogen and oxygen atoms in total. The predicted molar refractivity (Wildman–Crippen MR) is 91.3 cm³/mol. The van der Waals surface area contributed by atoms with Gasteiger partial charge in [0.25, 0.3) is 0 Å². The molecule has 20 heavy (non-hydrogen) atoms. The van der Waals surface area contributed by atoms with Gasteiger partial charge in [-0.1, -0.05) is 0 Å².